The van der Waals surface area contributed by atoms with Gasteiger partial charge in [-0.15, -0.1) is 0 Å². The van der Waals surface area contributed by atoms with E-state index < -0.39 is 0 Å². The van der Waals surface area contributed by atoms with Crippen molar-refractivity contribution in [1.29, 1.82) is 0 Å². The molecule has 25 heavy (non-hydrogen) atoms. The third kappa shape index (κ3) is 3.71. The predicted octanol–water partition coefficient (Wildman–Crippen LogP) is 1.20. The quantitative estimate of drug-likeness (QED) is 0.815. The molecule has 0 radical (unpaired) electrons. The van der Waals surface area contributed by atoms with Gasteiger partial charge in [0, 0.05) is 51.0 Å². The Morgan fingerprint density at radius 1 is 1.12 bits per heavy atom. The van der Waals surface area contributed by atoms with E-state index in [0.29, 0.717) is 12.1 Å². The summed E-state index contributed by atoms with van der Waals surface area (Å²) >= 11 is 0. The van der Waals surface area contributed by atoms with Crippen molar-refractivity contribution in [3.8, 4) is 0 Å². The molecular formula is C18H24N6O. The van der Waals surface area contributed by atoms with Crippen LogP contribution in [-0.4, -0.2) is 49.8 Å². The van der Waals surface area contributed by atoms with Crippen LogP contribution in [0.2, 0.25) is 0 Å². The van der Waals surface area contributed by atoms with Crippen LogP contribution < -0.4 is 10.5 Å². The van der Waals surface area contributed by atoms with Gasteiger partial charge in [0.2, 0.25) is 0 Å². The SMILES string of the molecule is Cn1nc(CN2CCC(N(c3ccncn3)C3CC3)CC2)ccc1=O. The van der Waals surface area contributed by atoms with Gasteiger partial charge >= 0.3 is 0 Å². The molecule has 7 heteroatoms. The van der Waals surface area contributed by atoms with Crippen LogP contribution in [0.4, 0.5) is 5.82 Å². The van der Waals surface area contributed by atoms with Gasteiger partial charge < -0.3 is 4.90 Å². The summed E-state index contributed by atoms with van der Waals surface area (Å²) in [7, 11) is 1.70. The highest BCUT2D eigenvalue weighted by molar-refractivity contribution is 5.41. The number of likely N-dealkylation sites (tertiary alicyclic amines) is 1. The molecule has 0 spiro atoms. The van der Waals surface area contributed by atoms with Crippen LogP contribution in [0.25, 0.3) is 0 Å². The number of nitrogens with zero attached hydrogens (tertiary/aromatic N) is 6. The number of aromatic nitrogens is 4. The zero-order valence-electron chi connectivity index (χ0n) is 14.6. The number of rotatable bonds is 5. The molecule has 4 rings (SSSR count). The van der Waals surface area contributed by atoms with E-state index in [0.717, 1.165) is 44.0 Å². The first kappa shape index (κ1) is 16.2. The molecule has 0 bridgehead atoms. The molecule has 1 aliphatic heterocycles. The summed E-state index contributed by atoms with van der Waals surface area (Å²) in [4.78, 5) is 24.9. The lowest BCUT2D eigenvalue weighted by molar-refractivity contribution is 0.197. The second kappa shape index (κ2) is 6.92. The smallest absolute Gasteiger partial charge is 0.266 e. The molecule has 3 heterocycles. The van der Waals surface area contributed by atoms with Gasteiger partial charge in [0.25, 0.3) is 5.56 Å². The van der Waals surface area contributed by atoms with Crippen molar-refractivity contribution in [3.63, 3.8) is 0 Å². The maximum absolute atomic E-state index is 11.5. The number of anilines is 1. The summed E-state index contributed by atoms with van der Waals surface area (Å²) in [6, 6.07) is 6.66. The monoisotopic (exact) mass is 340 g/mol. The lowest BCUT2D eigenvalue weighted by Gasteiger charge is -2.39. The van der Waals surface area contributed by atoms with E-state index in [9.17, 15) is 4.79 Å². The summed E-state index contributed by atoms with van der Waals surface area (Å²) in [5.74, 6) is 1.07. The average Bonchev–Trinajstić information content (AvgIpc) is 3.46. The van der Waals surface area contributed by atoms with Crippen LogP contribution >= 0.6 is 0 Å². The number of piperidine rings is 1. The van der Waals surface area contributed by atoms with Crippen molar-refractivity contribution in [2.75, 3.05) is 18.0 Å². The van der Waals surface area contributed by atoms with Gasteiger partial charge in [-0.1, -0.05) is 0 Å². The maximum Gasteiger partial charge on any atom is 0.266 e. The van der Waals surface area contributed by atoms with E-state index in [4.69, 9.17) is 0 Å². The van der Waals surface area contributed by atoms with Gasteiger partial charge in [0.1, 0.15) is 12.1 Å². The number of hydrogen-bond donors (Lipinski definition) is 0. The van der Waals surface area contributed by atoms with Crippen molar-refractivity contribution in [2.45, 2.75) is 44.3 Å². The predicted molar refractivity (Wildman–Crippen MR) is 95.3 cm³/mol. The van der Waals surface area contributed by atoms with Gasteiger partial charge in [-0.2, -0.15) is 5.10 Å². The Labute approximate surface area is 147 Å². The summed E-state index contributed by atoms with van der Waals surface area (Å²) in [5.41, 5.74) is 0.891. The molecule has 0 unspecified atom stereocenters. The molecule has 2 aromatic heterocycles. The lowest BCUT2D eigenvalue weighted by atomic mass is 10.0. The summed E-state index contributed by atoms with van der Waals surface area (Å²) < 4.78 is 1.41. The van der Waals surface area contributed by atoms with Gasteiger partial charge in [0.05, 0.1) is 5.69 Å². The van der Waals surface area contributed by atoms with Crippen molar-refractivity contribution in [3.05, 3.63) is 46.8 Å². The summed E-state index contributed by atoms with van der Waals surface area (Å²) in [6.07, 6.45) is 8.28. The van der Waals surface area contributed by atoms with E-state index in [1.165, 1.54) is 17.5 Å². The Morgan fingerprint density at radius 2 is 1.88 bits per heavy atom. The molecule has 1 aliphatic carbocycles. The fourth-order valence-corrected chi connectivity index (χ4v) is 3.68. The van der Waals surface area contributed by atoms with Crippen LogP contribution in [0, 0.1) is 0 Å². The normalized spacial score (nSPS) is 19.1. The Bertz CT molecular complexity index is 765. The molecule has 2 aliphatic rings. The summed E-state index contributed by atoms with van der Waals surface area (Å²) in [5, 5.41) is 4.34. The summed E-state index contributed by atoms with van der Waals surface area (Å²) in [6.45, 7) is 2.89. The maximum atomic E-state index is 11.5. The minimum atomic E-state index is -0.0626. The molecule has 2 fully saturated rings. The molecule has 1 saturated carbocycles. The fraction of sp³-hybridized carbons (Fsp3) is 0.556. The minimum Gasteiger partial charge on any atom is -0.350 e. The first-order chi connectivity index (χ1) is 12.2. The Hall–Kier alpha value is -2.28. The van der Waals surface area contributed by atoms with Crippen LogP contribution in [0.15, 0.2) is 35.5 Å². The van der Waals surface area contributed by atoms with Crippen LogP contribution in [-0.2, 0) is 13.6 Å². The topological polar surface area (TPSA) is 67.2 Å². The Morgan fingerprint density at radius 3 is 2.52 bits per heavy atom. The average molecular weight is 340 g/mol. The first-order valence-corrected chi connectivity index (χ1v) is 9.00. The van der Waals surface area contributed by atoms with Crippen LogP contribution in [0.5, 0.6) is 0 Å². The van der Waals surface area contributed by atoms with Crippen molar-refractivity contribution in [1.82, 2.24) is 24.6 Å². The zero-order chi connectivity index (χ0) is 17.2. The largest absolute Gasteiger partial charge is 0.350 e. The molecule has 7 nitrogen and oxygen atoms in total. The molecule has 1 saturated heterocycles. The van der Waals surface area contributed by atoms with Crippen molar-refractivity contribution >= 4 is 5.82 Å². The fourth-order valence-electron chi connectivity index (χ4n) is 3.68. The second-order valence-corrected chi connectivity index (χ2v) is 7.00. The highest BCUT2D eigenvalue weighted by Gasteiger charge is 2.36. The second-order valence-electron chi connectivity index (χ2n) is 7.00. The minimum absolute atomic E-state index is 0.0626. The number of aryl methyl sites for hydroxylation is 1. The van der Waals surface area contributed by atoms with Gasteiger partial charge in [-0.05, 0) is 37.8 Å². The lowest BCUT2D eigenvalue weighted by Crippen LogP contribution is -2.46. The van der Waals surface area contributed by atoms with Crippen LogP contribution in [0.3, 0.4) is 0 Å². The van der Waals surface area contributed by atoms with E-state index >= 15 is 0 Å². The Kier molecular flexibility index (Phi) is 4.48. The third-order valence-electron chi connectivity index (χ3n) is 5.12. The molecule has 0 atom stereocenters. The highest BCUT2D eigenvalue weighted by atomic mass is 16.1. The van der Waals surface area contributed by atoms with E-state index in [2.05, 4.69) is 24.9 Å². The zero-order valence-corrected chi connectivity index (χ0v) is 14.6. The first-order valence-electron chi connectivity index (χ1n) is 9.00. The molecule has 132 valence electrons. The number of hydrogen-bond acceptors (Lipinski definition) is 6. The standard InChI is InChI=1S/C18H24N6O/c1-22-18(25)5-2-14(21-22)12-23-10-7-16(8-11-23)24(15-3-4-15)17-6-9-19-13-20-17/h2,5-6,9,13,15-16H,3-4,7-8,10-12H2,1H3. The molecule has 0 amide bonds. The van der Waals surface area contributed by atoms with Crippen molar-refractivity contribution < 1.29 is 0 Å². The molecular weight excluding hydrogens is 316 g/mol. The highest BCUT2D eigenvalue weighted by Crippen LogP contribution is 2.35. The molecule has 0 N–H and O–H groups in total. The molecule has 2 aromatic rings. The molecule has 0 aromatic carbocycles. The van der Waals surface area contributed by atoms with Crippen molar-refractivity contribution in [2.24, 2.45) is 7.05 Å². The van der Waals surface area contributed by atoms with Gasteiger partial charge in [-0.3, -0.25) is 9.69 Å². The van der Waals surface area contributed by atoms with Crippen LogP contribution in [0.1, 0.15) is 31.4 Å². The van der Waals surface area contributed by atoms with E-state index in [1.807, 2.05) is 18.3 Å². The van der Waals surface area contributed by atoms with E-state index in [1.54, 1.807) is 19.4 Å². The van der Waals surface area contributed by atoms with Gasteiger partial charge in [-0.25, -0.2) is 14.6 Å². The van der Waals surface area contributed by atoms with E-state index in [-0.39, 0.29) is 5.56 Å². The Balaban J connectivity index is 1.39. The van der Waals surface area contributed by atoms with Gasteiger partial charge in [0.15, 0.2) is 0 Å². The third-order valence-corrected chi connectivity index (χ3v) is 5.12.